The first-order valence-electron chi connectivity index (χ1n) is 5.86. The Bertz CT molecular complexity index is 593. The van der Waals surface area contributed by atoms with Crippen LogP contribution in [0.4, 0.5) is 5.69 Å². The van der Waals surface area contributed by atoms with Gasteiger partial charge in [-0.2, -0.15) is 0 Å². The summed E-state index contributed by atoms with van der Waals surface area (Å²) in [6, 6.07) is 10.7. The molecule has 1 amide bonds. The van der Waals surface area contributed by atoms with Crippen molar-refractivity contribution < 1.29 is 9.53 Å². The molecule has 0 bridgehead atoms. The van der Waals surface area contributed by atoms with E-state index >= 15 is 0 Å². The van der Waals surface area contributed by atoms with E-state index in [-0.39, 0.29) is 11.7 Å². The van der Waals surface area contributed by atoms with E-state index in [2.05, 4.69) is 10.3 Å². The first kappa shape index (κ1) is 14.7. The molecule has 2 aromatic rings. The predicted molar refractivity (Wildman–Crippen MR) is 81.6 cm³/mol. The number of nitrogens with zero attached hydrogens (tertiary/aromatic N) is 1. The Kier molecular flexibility index (Phi) is 5.26. The minimum atomic E-state index is -0.138. The number of thioether (sulfide) groups is 1. The summed E-state index contributed by atoms with van der Waals surface area (Å²) in [5.41, 5.74) is 0.562. The highest BCUT2D eigenvalue weighted by Crippen LogP contribution is 2.28. The van der Waals surface area contributed by atoms with E-state index in [4.69, 9.17) is 16.3 Å². The van der Waals surface area contributed by atoms with Gasteiger partial charge < -0.3 is 10.1 Å². The van der Waals surface area contributed by atoms with Crippen LogP contribution in [0.15, 0.2) is 47.6 Å². The molecule has 4 nitrogen and oxygen atoms in total. The van der Waals surface area contributed by atoms with Gasteiger partial charge in [0.1, 0.15) is 5.75 Å². The summed E-state index contributed by atoms with van der Waals surface area (Å²) >= 11 is 7.28. The third-order valence-electron chi connectivity index (χ3n) is 2.42. The number of hydrogen-bond donors (Lipinski definition) is 1. The number of methoxy groups -OCH3 is 1. The summed E-state index contributed by atoms with van der Waals surface area (Å²) in [5, 5.41) is 4.12. The zero-order valence-electron chi connectivity index (χ0n) is 10.8. The van der Waals surface area contributed by atoms with Crippen LogP contribution in [0.3, 0.4) is 0 Å². The highest BCUT2D eigenvalue weighted by molar-refractivity contribution is 7.99. The fourth-order valence-corrected chi connectivity index (χ4v) is 2.37. The van der Waals surface area contributed by atoms with Crippen molar-refractivity contribution in [1.82, 2.24) is 4.98 Å². The maximum absolute atomic E-state index is 11.9. The third kappa shape index (κ3) is 4.15. The van der Waals surface area contributed by atoms with Crippen molar-refractivity contribution in [3.63, 3.8) is 0 Å². The molecular weight excluding hydrogens is 296 g/mol. The lowest BCUT2D eigenvalue weighted by Gasteiger charge is -2.10. The Morgan fingerprint density at radius 2 is 2.25 bits per heavy atom. The van der Waals surface area contributed by atoms with Gasteiger partial charge in [-0.15, -0.1) is 0 Å². The second kappa shape index (κ2) is 7.17. The fourth-order valence-electron chi connectivity index (χ4n) is 1.54. The molecule has 0 spiro atoms. The Morgan fingerprint density at radius 3 is 2.95 bits per heavy atom. The number of amides is 1. The van der Waals surface area contributed by atoms with Gasteiger partial charge in [0.2, 0.25) is 5.91 Å². The van der Waals surface area contributed by atoms with Crippen molar-refractivity contribution in [3.05, 3.63) is 47.6 Å². The molecule has 0 radical (unpaired) electrons. The molecule has 1 N–H and O–H groups in total. The molecule has 1 aromatic heterocycles. The Morgan fingerprint density at radius 1 is 1.40 bits per heavy atom. The van der Waals surface area contributed by atoms with Crippen molar-refractivity contribution in [2.45, 2.75) is 5.03 Å². The van der Waals surface area contributed by atoms with Crippen LogP contribution in [0.25, 0.3) is 0 Å². The molecular formula is C14H13ClN2O2S. The van der Waals surface area contributed by atoms with Crippen LogP contribution in [0, 0.1) is 0 Å². The first-order valence-corrected chi connectivity index (χ1v) is 7.22. The van der Waals surface area contributed by atoms with E-state index in [1.54, 1.807) is 31.5 Å². The molecule has 0 aliphatic carbocycles. The number of halogens is 1. The summed E-state index contributed by atoms with van der Waals surface area (Å²) in [6.45, 7) is 0. The van der Waals surface area contributed by atoms with E-state index in [9.17, 15) is 4.79 Å². The second-order valence-corrected chi connectivity index (χ2v) is 5.28. The van der Waals surface area contributed by atoms with Gasteiger partial charge in [0.05, 0.1) is 23.6 Å². The molecule has 2 rings (SSSR count). The molecule has 0 saturated carbocycles. The zero-order valence-corrected chi connectivity index (χ0v) is 12.4. The maximum atomic E-state index is 11.9. The van der Waals surface area contributed by atoms with Crippen LogP contribution in [0.1, 0.15) is 0 Å². The number of ether oxygens (including phenoxy) is 1. The first-order chi connectivity index (χ1) is 9.69. The largest absolute Gasteiger partial charge is 0.495 e. The minimum absolute atomic E-state index is 0.138. The summed E-state index contributed by atoms with van der Waals surface area (Å²) in [5.74, 6) is 0.707. The van der Waals surface area contributed by atoms with Crippen LogP contribution in [-0.2, 0) is 4.79 Å². The molecule has 0 aliphatic rings. The molecule has 104 valence electrons. The van der Waals surface area contributed by atoms with E-state index in [1.807, 2.05) is 18.2 Å². The van der Waals surface area contributed by atoms with Crippen molar-refractivity contribution in [1.29, 1.82) is 0 Å². The lowest BCUT2D eigenvalue weighted by atomic mass is 10.3. The number of carbonyl (C=O) groups excluding carboxylic acids is 1. The number of rotatable bonds is 5. The average molecular weight is 309 g/mol. The lowest BCUT2D eigenvalue weighted by Crippen LogP contribution is -2.14. The molecule has 1 heterocycles. The molecule has 0 aliphatic heterocycles. The van der Waals surface area contributed by atoms with Gasteiger partial charge in [-0.05, 0) is 30.3 Å². The standard InChI is InChI=1S/C14H13ClN2O2S/c1-19-12-6-5-10(15)8-11(12)17-13(18)9-20-14-4-2-3-7-16-14/h2-8H,9H2,1H3,(H,17,18). The number of carbonyl (C=O) groups is 1. The van der Waals surface area contributed by atoms with E-state index in [0.29, 0.717) is 16.5 Å². The van der Waals surface area contributed by atoms with Crippen LogP contribution in [0.5, 0.6) is 5.75 Å². The van der Waals surface area contributed by atoms with Gasteiger partial charge in [0, 0.05) is 11.2 Å². The van der Waals surface area contributed by atoms with Gasteiger partial charge in [-0.25, -0.2) is 4.98 Å². The Balaban J connectivity index is 1.96. The quantitative estimate of drug-likeness (QED) is 0.859. The van der Waals surface area contributed by atoms with Crippen molar-refractivity contribution in [2.24, 2.45) is 0 Å². The van der Waals surface area contributed by atoms with Crippen molar-refractivity contribution in [2.75, 3.05) is 18.2 Å². The van der Waals surface area contributed by atoms with Crippen molar-refractivity contribution in [3.8, 4) is 5.75 Å². The third-order valence-corrected chi connectivity index (χ3v) is 3.60. The van der Waals surface area contributed by atoms with E-state index in [1.165, 1.54) is 11.8 Å². The molecule has 0 fully saturated rings. The van der Waals surface area contributed by atoms with Gasteiger partial charge in [0.25, 0.3) is 0 Å². The van der Waals surface area contributed by atoms with E-state index < -0.39 is 0 Å². The maximum Gasteiger partial charge on any atom is 0.234 e. The number of nitrogens with one attached hydrogen (secondary N) is 1. The summed E-state index contributed by atoms with van der Waals surface area (Å²) < 4.78 is 5.17. The van der Waals surface area contributed by atoms with Gasteiger partial charge in [-0.1, -0.05) is 29.4 Å². The molecule has 0 saturated heterocycles. The highest BCUT2D eigenvalue weighted by Gasteiger charge is 2.09. The van der Waals surface area contributed by atoms with Crippen LogP contribution in [-0.4, -0.2) is 23.8 Å². The molecule has 6 heteroatoms. The number of hydrogen-bond acceptors (Lipinski definition) is 4. The van der Waals surface area contributed by atoms with Gasteiger partial charge in [0.15, 0.2) is 0 Å². The zero-order chi connectivity index (χ0) is 14.4. The van der Waals surface area contributed by atoms with Crippen LogP contribution in [0.2, 0.25) is 5.02 Å². The number of aromatic nitrogens is 1. The number of pyridine rings is 1. The minimum Gasteiger partial charge on any atom is -0.495 e. The normalized spacial score (nSPS) is 10.1. The summed E-state index contributed by atoms with van der Waals surface area (Å²) in [7, 11) is 1.54. The van der Waals surface area contributed by atoms with Crippen LogP contribution >= 0.6 is 23.4 Å². The summed E-state index contributed by atoms with van der Waals surface area (Å²) in [6.07, 6.45) is 1.69. The van der Waals surface area contributed by atoms with E-state index in [0.717, 1.165) is 5.03 Å². The van der Waals surface area contributed by atoms with Gasteiger partial charge >= 0.3 is 0 Å². The predicted octanol–water partition coefficient (Wildman–Crippen LogP) is 3.47. The molecule has 0 atom stereocenters. The fraction of sp³-hybridized carbons (Fsp3) is 0.143. The Labute approximate surface area is 126 Å². The summed E-state index contributed by atoms with van der Waals surface area (Å²) in [4.78, 5) is 16.0. The second-order valence-electron chi connectivity index (χ2n) is 3.85. The monoisotopic (exact) mass is 308 g/mol. The molecule has 20 heavy (non-hydrogen) atoms. The van der Waals surface area contributed by atoms with Crippen molar-refractivity contribution >= 4 is 35.0 Å². The Hall–Kier alpha value is -1.72. The topological polar surface area (TPSA) is 51.2 Å². The smallest absolute Gasteiger partial charge is 0.234 e. The SMILES string of the molecule is COc1ccc(Cl)cc1NC(=O)CSc1ccccn1. The van der Waals surface area contributed by atoms with Crippen LogP contribution < -0.4 is 10.1 Å². The number of benzene rings is 1. The average Bonchev–Trinajstić information content (AvgIpc) is 2.46. The lowest BCUT2D eigenvalue weighted by molar-refractivity contribution is -0.113. The molecule has 1 aromatic carbocycles. The number of anilines is 1. The highest BCUT2D eigenvalue weighted by atomic mass is 35.5. The molecule has 0 unspecified atom stereocenters. The van der Waals surface area contributed by atoms with Gasteiger partial charge in [-0.3, -0.25) is 4.79 Å².